The van der Waals surface area contributed by atoms with E-state index < -0.39 is 10.9 Å². The van der Waals surface area contributed by atoms with Crippen molar-refractivity contribution in [1.29, 1.82) is 0 Å². The van der Waals surface area contributed by atoms with Crippen LogP contribution in [0.3, 0.4) is 0 Å². The third-order valence-electron chi connectivity index (χ3n) is 4.45. The van der Waals surface area contributed by atoms with Crippen molar-refractivity contribution < 1.29 is 14.5 Å². The Hall–Kier alpha value is -4.04. The van der Waals surface area contributed by atoms with E-state index in [2.05, 4.69) is 5.10 Å². The summed E-state index contributed by atoms with van der Waals surface area (Å²) in [6, 6.07) is 19.5. The molecule has 0 saturated carbocycles. The number of nitro benzene ring substituents is 1. The van der Waals surface area contributed by atoms with Crippen molar-refractivity contribution in [1.82, 2.24) is 9.78 Å². The first-order valence-electron chi connectivity index (χ1n) is 9.37. The Labute approximate surface area is 182 Å². The molecule has 2 heterocycles. The van der Waals surface area contributed by atoms with Crippen molar-refractivity contribution in [2.24, 2.45) is 0 Å². The zero-order chi connectivity index (χ0) is 21.6. The topological polar surface area (TPSA) is 87.3 Å². The number of rotatable bonds is 7. The van der Waals surface area contributed by atoms with Crippen molar-refractivity contribution in [3.05, 3.63) is 106 Å². The van der Waals surface area contributed by atoms with E-state index in [1.165, 1.54) is 18.2 Å². The molecule has 154 valence electrons. The van der Waals surface area contributed by atoms with Gasteiger partial charge in [-0.25, -0.2) is 9.48 Å². The second-order valence-corrected chi connectivity index (χ2v) is 7.50. The molecule has 4 aromatic rings. The summed E-state index contributed by atoms with van der Waals surface area (Å²) in [5, 5.41) is 17.4. The molecule has 31 heavy (non-hydrogen) atoms. The predicted molar refractivity (Wildman–Crippen MR) is 119 cm³/mol. The van der Waals surface area contributed by atoms with Gasteiger partial charge < -0.3 is 4.74 Å². The zero-order valence-electron chi connectivity index (χ0n) is 16.3. The molecule has 4 rings (SSSR count). The van der Waals surface area contributed by atoms with Crippen LogP contribution in [0, 0.1) is 10.1 Å². The quantitative estimate of drug-likeness (QED) is 0.172. The van der Waals surface area contributed by atoms with Crippen LogP contribution >= 0.6 is 11.3 Å². The Morgan fingerprint density at radius 3 is 2.55 bits per heavy atom. The number of ether oxygens (including phenoxy) is 1. The molecule has 0 unspecified atom stereocenters. The molecule has 0 bridgehead atoms. The van der Waals surface area contributed by atoms with Gasteiger partial charge in [0, 0.05) is 30.0 Å². The van der Waals surface area contributed by atoms with Crippen molar-refractivity contribution >= 4 is 29.1 Å². The SMILES string of the molecule is O=C(C=Cc1cn(-c2ccccc2)nc1-c1cccs1)OCc1ccc([N+](=O)[O-])cc1. The van der Waals surface area contributed by atoms with Crippen molar-refractivity contribution in [2.75, 3.05) is 0 Å². The smallest absolute Gasteiger partial charge is 0.331 e. The highest BCUT2D eigenvalue weighted by Crippen LogP contribution is 2.28. The lowest BCUT2D eigenvalue weighted by Gasteiger charge is -2.02. The van der Waals surface area contributed by atoms with Crippen LogP contribution in [0.4, 0.5) is 5.69 Å². The average molecular weight is 431 g/mol. The van der Waals surface area contributed by atoms with Gasteiger partial charge in [-0.15, -0.1) is 11.3 Å². The normalized spacial score (nSPS) is 11.0. The van der Waals surface area contributed by atoms with Gasteiger partial charge in [0.2, 0.25) is 0 Å². The Kier molecular flexibility index (Phi) is 6.00. The number of aromatic nitrogens is 2. The molecular weight excluding hydrogens is 414 g/mol. The van der Waals surface area contributed by atoms with E-state index in [-0.39, 0.29) is 12.3 Å². The first-order chi connectivity index (χ1) is 15.1. The van der Waals surface area contributed by atoms with Gasteiger partial charge in [0.05, 0.1) is 15.5 Å². The Morgan fingerprint density at radius 2 is 1.87 bits per heavy atom. The first-order valence-corrected chi connectivity index (χ1v) is 10.3. The van der Waals surface area contributed by atoms with Gasteiger partial charge >= 0.3 is 5.97 Å². The molecule has 2 aromatic carbocycles. The van der Waals surface area contributed by atoms with Gasteiger partial charge in [-0.05, 0) is 47.4 Å². The van der Waals surface area contributed by atoms with Crippen LogP contribution in [-0.4, -0.2) is 20.7 Å². The Balaban J connectivity index is 1.49. The predicted octanol–water partition coefficient (Wildman–Crippen LogP) is 5.27. The molecule has 0 atom stereocenters. The first kappa shape index (κ1) is 20.2. The number of nitrogens with zero attached hydrogens (tertiary/aromatic N) is 3. The summed E-state index contributed by atoms with van der Waals surface area (Å²) in [7, 11) is 0. The number of thiophene rings is 1. The van der Waals surface area contributed by atoms with Crippen molar-refractivity contribution in [2.45, 2.75) is 6.61 Å². The molecule has 0 spiro atoms. The van der Waals surface area contributed by atoms with Gasteiger partial charge in [0.1, 0.15) is 12.3 Å². The summed E-state index contributed by atoms with van der Waals surface area (Å²) in [5.74, 6) is -0.511. The molecule has 0 radical (unpaired) electrons. The third kappa shape index (κ3) is 4.93. The number of carbonyl (C=O) groups excluding carboxylic acids is 1. The van der Waals surface area contributed by atoms with Gasteiger partial charge in [-0.1, -0.05) is 24.3 Å². The number of carbonyl (C=O) groups is 1. The fraction of sp³-hybridized carbons (Fsp3) is 0.0435. The van der Waals surface area contributed by atoms with Gasteiger partial charge in [-0.2, -0.15) is 5.10 Å². The van der Waals surface area contributed by atoms with E-state index in [1.54, 1.807) is 34.2 Å². The van der Waals surface area contributed by atoms with Gasteiger partial charge in [0.25, 0.3) is 5.69 Å². The van der Waals surface area contributed by atoms with Gasteiger partial charge in [0.15, 0.2) is 0 Å². The van der Waals surface area contributed by atoms with Gasteiger partial charge in [-0.3, -0.25) is 10.1 Å². The van der Waals surface area contributed by atoms with Crippen LogP contribution in [-0.2, 0) is 16.1 Å². The maximum absolute atomic E-state index is 12.2. The lowest BCUT2D eigenvalue weighted by molar-refractivity contribution is -0.384. The summed E-state index contributed by atoms with van der Waals surface area (Å²) >= 11 is 1.57. The van der Waals surface area contributed by atoms with E-state index in [0.717, 1.165) is 21.8 Å². The van der Waals surface area contributed by atoms with Crippen molar-refractivity contribution in [3.8, 4) is 16.3 Å². The Morgan fingerprint density at radius 1 is 1.10 bits per heavy atom. The molecule has 2 aromatic heterocycles. The second kappa shape index (κ2) is 9.19. The van der Waals surface area contributed by atoms with Crippen molar-refractivity contribution in [3.63, 3.8) is 0 Å². The number of non-ortho nitro benzene ring substituents is 1. The number of para-hydroxylation sites is 1. The highest BCUT2D eigenvalue weighted by Gasteiger charge is 2.12. The van der Waals surface area contributed by atoms with Crippen LogP contribution < -0.4 is 0 Å². The molecule has 0 aliphatic heterocycles. The maximum atomic E-state index is 12.2. The minimum absolute atomic E-state index is 0.00786. The number of esters is 1. The van der Waals surface area contributed by atoms with E-state index in [1.807, 2.05) is 54.0 Å². The molecular formula is C23H17N3O4S. The molecule has 0 amide bonds. The second-order valence-electron chi connectivity index (χ2n) is 6.56. The molecule has 0 fully saturated rings. The standard InChI is InChI=1S/C23H17N3O4S/c27-22(30-16-17-8-11-20(12-9-17)26(28)29)13-10-18-15-25(19-5-2-1-3-6-19)24-23(18)21-7-4-14-31-21/h1-15H,16H2. The average Bonchev–Trinajstić information content (AvgIpc) is 3.47. The number of hydrogen-bond donors (Lipinski definition) is 0. The van der Waals surface area contributed by atoms with E-state index in [9.17, 15) is 14.9 Å². The maximum Gasteiger partial charge on any atom is 0.331 e. The molecule has 0 aliphatic carbocycles. The highest BCUT2D eigenvalue weighted by atomic mass is 32.1. The zero-order valence-corrected chi connectivity index (χ0v) is 17.1. The summed E-state index contributed by atoms with van der Waals surface area (Å²) < 4.78 is 7.03. The fourth-order valence-electron chi connectivity index (χ4n) is 2.90. The summed E-state index contributed by atoms with van der Waals surface area (Å²) in [6.45, 7) is 0.0300. The summed E-state index contributed by atoms with van der Waals surface area (Å²) in [5.41, 5.74) is 3.15. The fourth-order valence-corrected chi connectivity index (χ4v) is 3.63. The third-order valence-corrected chi connectivity index (χ3v) is 5.32. The molecule has 0 aliphatic rings. The van der Waals surface area contributed by atoms with E-state index >= 15 is 0 Å². The van der Waals surface area contributed by atoms with E-state index in [0.29, 0.717) is 5.56 Å². The lowest BCUT2D eigenvalue weighted by atomic mass is 10.2. The largest absolute Gasteiger partial charge is 0.458 e. The number of benzene rings is 2. The molecule has 0 saturated heterocycles. The monoisotopic (exact) mass is 431 g/mol. The number of nitro groups is 1. The summed E-state index contributed by atoms with van der Waals surface area (Å²) in [6.07, 6.45) is 4.90. The minimum atomic E-state index is -0.511. The molecule has 0 N–H and O–H groups in total. The molecule has 8 heteroatoms. The summed E-state index contributed by atoms with van der Waals surface area (Å²) in [4.78, 5) is 23.4. The Bertz CT molecular complexity index is 1210. The minimum Gasteiger partial charge on any atom is -0.458 e. The lowest BCUT2D eigenvalue weighted by Crippen LogP contribution is -2.00. The highest BCUT2D eigenvalue weighted by molar-refractivity contribution is 7.13. The van der Waals surface area contributed by atoms with E-state index in [4.69, 9.17) is 4.74 Å². The van der Waals surface area contributed by atoms with Crippen LogP contribution in [0.2, 0.25) is 0 Å². The van der Waals surface area contributed by atoms with Crippen LogP contribution in [0.5, 0.6) is 0 Å². The van der Waals surface area contributed by atoms with Crippen LogP contribution in [0.15, 0.2) is 84.4 Å². The van der Waals surface area contributed by atoms with Crippen LogP contribution in [0.25, 0.3) is 22.3 Å². The molecule has 7 nitrogen and oxygen atoms in total. The number of hydrogen-bond acceptors (Lipinski definition) is 6. The van der Waals surface area contributed by atoms with Crippen LogP contribution in [0.1, 0.15) is 11.1 Å².